The summed E-state index contributed by atoms with van der Waals surface area (Å²) in [6.07, 6.45) is 6.90. The third kappa shape index (κ3) is 3.42. The molecule has 1 aromatic carbocycles. The molecule has 2 saturated heterocycles. The van der Waals surface area contributed by atoms with E-state index in [1.165, 1.54) is 0 Å². The van der Waals surface area contributed by atoms with Gasteiger partial charge in [0, 0.05) is 35.3 Å². The molecule has 0 bridgehead atoms. The molecule has 0 aromatic heterocycles. The van der Waals surface area contributed by atoms with Crippen LogP contribution in [-0.2, 0) is 4.79 Å². The van der Waals surface area contributed by atoms with Gasteiger partial charge in [0.2, 0.25) is 5.91 Å². The number of amides is 3. The number of nitrogens with one attached hydrogen (secondary N) is 2. The third-order valence-corrected chi connectivity index (χ3v) is 7.25. The van der Waals surface area contributed by atoms with E-state index in [2.05, 4.69) is 22.5 Å². The molecule has 5 nitrogen and oxygen atoms in total. The van der Waals surface area contributed by atoms with Crippen LogP contribution in [0.25, 0.3) is 0 Å². The predicted molar refractivity (Wildman–Crippen MR) is 107 cm³/mol. The van der Waals surface area contributed by atoms with Crippen LogP contribution in [-0.4, -0.2) is 35.0 Å². The summed E-state index contributed by atoms with van der Waals surface area (Å²) in [4.78, 5) is 27.3. The standard InChI is InChI=1S/C21H28ClN3O2/c1-14-17-4-2-5-19(26)25-13-3-11-21(17,25)12-10-18(14)24-20(27)23-16-8-6-15(22)7-9-16/h6-9,14,17-18H,2-5,10-13H2,1H3,(H2,23,24,27)/t14-,17+,18+,21-/m1/s1. The molecule has 0 radical (unpaired) electrons. The SMILES string of the molecule is C[C@H]1[C@@H](NC(=O)Nc2ccc(Cl)cc2)CC[C@@]23CCCN2C(=O)CCC[C@@H]13. The molecule has 0 unspecified atom stereocenters. The first kappa shape index (κ1) is 18.6. The highest BCUT2D eigenvalue weighted by molar-refractivity contribution is 6.30. The van der Waals surface area contributed by atoms with Gasteiger partial charge in [0.25, 0.3) is 0 Å². The molecule has 4 rings (SSSR count). The molecule has 4 atom stereocenters. The number of carbonyl (C=O) groups excluding carboxylic acids is 2. The second-order valence-electron chi connectivity index (χ2n) is 8.36. The van der Waals surface area contributed by atoms with Gasteiger partial charge >= 0.3 is 6.03 Å². The summed E-state index contributed by atoms with van der Waals surface area (Å²) in [5, 5.41) is 6.74. The van der Waals surface area contributed by atoms with Crippen molar-refractivity contribution in [3.05, 3.63) is 29.3 Å². The molecule has 6 heteroatoms. The Bertz CT molecular complexity index is 723. The van der Waals surface area contributed by atoms with E-state index in [1.54, 1.807) is 24.3 Å². The smallest absolute Gasteiger partial charge is 0.319 e. The molecule has 2 N–H and O–H groups in total. The van der Waals surface area contributed by atoms with Crippen LogP contribution in [0.15, 0.2) is 24.3 Å². The lowest BCUT2D eigenvalue weighted by Crippen LogP contribution is -2.60. The highest BCUT2D eigenvalue weighted by atomic mass is 35.5. The van der Waals surface area contributed by atoms with Crippen molar-refractivity contribution in [2.24, 2.45) is 11.8 Å². The Balaban J connectivity index is 1.45. The van der Waals surface area contributed by atoms with Crippen LogP contribution >= 0.6 is 11.6 Å². The summed E-state index contributed by atoms with van der Waals surface area (Å²) in [6, 6.07) is 7.10. The van der Waals surface area contributed by atoms with E-state index < -0.39 is 0 Å². The molecule has 1 spiro atoms. The molecule has 3 amide bonds. The number of benzene rings is 1. The fraction of sp³-hybridized carbons (Fsp3) is 0.619. The number of urea groups is 1. The monoisotopic (exact) mass is 389 g/mol. The van der Waals surface area contributed by atoms with Gasteiger partial charge in [0.1, 0.15) is 0 Å². The first-order valence-corrected chi connectivity index (χ1v) is 10.5. The summed E-state index contributed by atoms with van der Waals surface area (Å²) in [5.74, 6) is 1.18. The first-order valence-electron chi connectivity index (χ1n) is 10.1. The molecular weight excluding hydrogens is 362 g/mol. The molecule has 2 aliphatic heterocycles. The van der Waals surface area contributed by atoms with Gasteiger partial charge in [-0.1, -0.05) is 18.5 Å². The summed E-state index contributed by atoms with van der Waals surface area (Å²) >= 11 is 5.90. The average Bonchev–Trinajstić information content (AvgIpc) is 3.01. The Morgan fingerprint density at radius 3 is 2.74 bits per heavy atom. The molecule has 2 heterocycles. The highest BCUT2D eigenvalue weighted by Gasteiger charge is 2.55. The van der Waals surface area contributed by atoms with Crippen molar-refractivity contribution >= 4 is 29.2 Å². The van der Waals surface area contributed by atoms with E-state index in [1.807, 2.05) is 0 Å². The van der Waals surface area contributed by atoms with Crippen LogP contribution < -0.4 is 10.6 Å². The summed E-state index contributed by atoms with van der Waals surface area (Å²) < 4.78 is 0. The maximum Gasteiger partial charge on any atom is 0.319 e. The summed E-state index contributed by atoms with van der Waals surface area (Å²) in [6.45, 7) is 3.17. The molecule has 3 fully saturated rings. The predicted octanol–water partition coefficient (Wildman–Crippen LogP) is 4.42. The maximum absolute atomic E-state index is 12.6. The number of halogens is 1. The van der Waals surface area contributed by atoms with E-state index in [9.17, 15) is 9.59 Å². The third-order valence-electron chi connectivity index (χ3n) is 7.00. The number of anilines is 1. The fourth-order valence-electron chi connectivity index (χ4n) is 5.76. The van der Waals surface area contributed by atoms with Crippen molar-refractivity contribution < 1.29 is 9.59 Å². The fourth-order valence-corrected chi connectivity index (χ4v) is 5.88. The number of carbonyl (C=O) groups is 2. The van der Waals surface area contributed by atoms with Gasteiger partial charge in [-0.2, -0.15) is 0 Å². The Morgan fingerprint density at radius 2 is 1.96 bits per heavy atom. The van der Waals surface area contributed by atoms with E-state index in [0.29, 0.717) is 29.2 Å². The number of hydrogen-bond donors (Lipinski definition) is 2. The van der Waals surface area contributed by atoms with E-state index >= 15 is 0 Å². The molecule has 1 aliphatic carbocycles. The Morgan fingerprint density at radius 1 is 1.19 bits per heavy atom. The quantitative estimate of drug-likeness (QED) is 0.786. The lowest BCUT2D eigenvalue weighted by molar-refractivity contribution is -0.138. The lowest BCUT2D eigenvalue weighted by atomic mass is 9.63. The number of nitrogens with zero attached hydrogens (tertiary/aromatic N) is 1. The van der Waals surface area contributed by atoms with Crippen LogP contribution in [0.5, 0.6) is 0 Å². The van der Waals surface area contributed by atoms with Crippen LogP contribution in [0.3, 0.4) is 0 Å². The zero-order valence-electron chi connectivity index (χ0n) is 15.8. The van der Waals surface area contributed by atoms with Gasteiger partial charge in [0.15, 0.2) is 0 Å². The molecule has 3 aliphatic rings. The normalized spacial score (nSPS) is 33.0. The van der Waals surface area contributed by atoms with E-state index in [0.717, 1.165) is 50.8 Å². The van der Waals surface area contributed by atoms with Gasteiger partial charge in [-0.05, 0) is 74.6 Å². The van der Waals surface area contributed by atoms with Gasteiger partial charge < -0.3 is 15.5 Å². The molecule has 1 aromatic rings. The minimum atomic E-state index is -0.168. The van der Waals surface area contributed by atoms with Crippen LogP contribution in [0.4, 0.5) is 10.5 Å². The highest BCUT2D eigenvalue weighted by Crippen LogP contribution is 2.51. The Labute approximate surface area is 165 Å². The van der Waals surface area contributed by atoms with Crippen LogP contribution in [0, 0.1) is 11.8 Å². The van der Waals surface area contributed by atoms with Gasteiger partial charge in [-0.3, -0.25) is 4.79 Å². The lowest BCUT2D eigenvalue weighted by Gasteiger charge is -2.52. The second kappa shape index (κ2) is 7.34. The molecule has 146 valence electrons. The average molecular weight is 390 g/mol. The molecular formula is C21H28ClN3O2. The largest absolute Gasteiger partial charge is 0.337 e. The van der Waals surface area contributed by atoms with Crippen molar-refractivity contribution in [2.75, 3.05) is 11.9 Å². The Kier molecular flexibility index (Phi) is 5.06. The maximum atomic E-state index is 12.6. The van der Waals surface area contributed by atoms with Gasteiger partial charge in [0.05, 0.1) is 0 Å². The zero-order chi connectivity index (χ0) is 19.0. The molecule has 27 heavy (non-hydrogen) atoms. The molecule has 1 saturated carbocycles. The Hall–Kier alpha value is -1.75. The van der Waals surface area contributed by atoms with E-state index in [4.69, 9.17) is 11.6 Å². The zero-order valence-corrected chi connectivity index (χ0v) is 16.6. The topological polar surface area (TPSA) is 61.4 Å². The number of hydrogen-bond acceptors (Lipinski definition) is 2. The minimum absolute atomic E-state index is 0.0395. The second-order valence-corrected chi connectivity index (χ2v) is 8.80. The van der Waals surface area contributed by atoms with Crippen LogP contribution in [0.1, 0.15) is 51.9 Å². The van der Waals surface area contributed by atoms with Gasteiger partial charge in [-0.25, -0.2) is 4.79 Å². The van der Waals surface area contributed by atoms with E-state index in [-0.39, 0.29) is 17.6 Å². The number of rotatable bonds is 2. The van der Waals surface area contributed by atoms with Crippen molar-refractivity contribution in [3.8, 4) is 0 Å². The van der Waals surface area contributed by atoms with Crippen LogP contribution in [0.2, 0.25) is 5.02 Å². The van der Waals surface area contributed by atoms with Gasteiger partial charge in [-0.15, -0.1) is 0 Å². The first-order chi connectivity index (χ1) is 13.0. The minimum Gasteiger partial charge on any atom is -0.337 e. The van der Waals surface area contributed by atoms with Crippen molar-refractivity contribution in [1.29, 1.82) is 0 Å². The van der Waals surface area contributed by atoms with Crippen molar-refractivity contribution in [1.82, 2.24) is 10.2 Å². The summed E-state index contributed by atoms with van der Waals surface area (Å²) in [7, 11) is 0. The summed E-state index contributed by atoms with van der Waals surface area (Å²) in [5.41, 5.74) is 0.775. The van der Waals surface area contributed by atoms with Crippen molar-refractivity contribution in [3.63, 3.8) is 0 Å². The van der Waals surface area contributed by atoms with Crippen molar-refractivity contribution in [2.45, 2.75) is 63.5 Å².